The molecule has 0 fully saturated rings. The van der Waals surface area contributed by atoms with Crippen molar-refractivity contribution >= 4 is 5.91 Å². The second-order valence-electron chi connectivity index (χ2n) is 4.98. The van der Waals surface area contributed by atoms with Gasteiger partial charge in [-0.05, 0) is 32.9 Å². The van der Waals surface area contributed by atoms with Crippen LogP contribution in [0.3, 0.4) is 0 Å². The van der Waals surface area contributed by atoms with Crippen molar-refractivity contribution in [1.29, 1.82) is 0 Å². The van der Waals surface area contributed by atoms with Crippen LogP contribution in [0.5, 0.6) is 0 Å². The lowest BCUT2D eigenvalue weighted by atomic mass is 10.2. The van der Waals surface area contributed by atoms with E-state index < -0.39 is 0 Å². The largest absolute Gasteiger partial charge is 0.346 e. The first-order chi connectivity index (χ1) is 9.49. The number of rotatable bonds is 4. The van der Waals surface area contributed by atoms with E-state index in [1.165, 1.54) is 6.07 Å². The number of halogens is 1. The standard InChI is InChI=1S/C15H18FN3O/c1-10(2)19-11(3)8-14(18-19)15(20)17-9-12-6-4-5-7-13(12)16/h4-8,10H,9H2,1-3H3,(H,17,20). The van der Waals surface area contributed by atoms with Crippen molar-refractivity contribution in [2.24, 2.45) is 0 Å². The summed E-state index contributed by atoms with van der Waals surface area (Å²) in [5.41, 5.74) is 1.74. The van der Waals surface area contributed by atoms with Gasteiger partial charge in [0, 0.05) is 23.8 Å². The summed E-state index contributed by atoms with van der Waals surface area (Å²) in [6.45, 7) is 6.06. The fourth-order valence-corrected chi connectivity index (χ4v) is 2.03. The number of aromatic nitrogens is 2. The Morgan fingerprint density at radius 2 is 2.10 bits per heavy atom. The normalized spacial score (nSPS) is 10.8. The van der Waals surface area contributed by atoms with Crippen LogP contribution in [0.1, 0.15) is 41.6 Å². The summed E-state index contributed by atoms with van der Waals surface area (Å²) in [7, 11) is 0. The van der Waals surface area contributed by atoms with E-state index in [0.29, 0.717) is 11.3 Å². The van der Waals surface area contributed by atoms with Crippen LogP contribution >= 0.6 is 0 Å². The molecule has 0 atom stereocenters. The molecule has 0 bridgehead atoms. The Morgan fingerprint density at radius 1 is 1.40 bits per heavy atom. The van der Waals surface area contributed by atoms with Gasteiger partial charge in [0.25, 0.3) is 5.91 Å². The fraction of sp³-hybridized carbons (Fsp3) is 0.333. The van der Waals surface area contributed by atoms with Crippen LogP contribution in [0.4, 0.5) is 4.39 Å². The van der Waals surface area contributed by atoms with Crippen LogP contribution in [0.15, 0.2) is 30.3 Å². The first-order valence-corrected chi connectivity index (χ1v) is 6.57. The summed E-state index contributed by atoms with van der Waals surface area (Å²) >= 11 is 0. The summed E-state index contributed by atoms with van der Waals surface area (Å²) in [6, 6.07) is 8.31. The van der Waals surface area contributed by atoms with Crippen molar-refractivity contribution in [1.82, 2.24) is 15.1 Å². The van der Waals surface area contributed by atoms with E-state index in [0.717, 1.165) is 5.69 Å². The molecule has 0 unspecified atom stereocenters. The Hall–Kier alpha value is -2.17. The molecule has 1 aromatic carbocycles. The number of amides is 1. The van der Waals surface area contributed by atoms with Gasteiger partial charge >= 0.3 is 0 Å². The van der Waals surface area contributed by atoms with Crippen LogP contribution in [0, 0.1) is 12.7 Å². The lowest BCUT2D eigenvalue weighted by Gasteiger charge is -2.07. The predicted molar refractivity (Wildman–Crippen MR) is 74.9 cm³/mol. The molecule has 5 heteroatoms. The van der Waals surface area contributed by atoms with Gasteiger partial charge in [-0.1, -0.05) is 18.2 Å². The minimum atomic E-state index is -0.323. The molecule has 1 N–H and O–H groups in total. The van der Waals surface area contributed by atoms with Gasteiger partial charge < -0.3 is 5.32 Å². The van der Waals surface area contributed by atoms with Crippen molar-refractivity contribution in [3.63, 3.8) is 0 Å². The zero-order valence-corrected chi connectivity index (χ0v) is 11.9. The Morgan fingerprint density at radius 3 is 2.70 bits per heavy atom. The van der Waals surface area contributed by atoms with Crippen LogP contribution in [0.25, 0.3) is 0 Å². The van der Waals surface area contributed by atoms with E-state index in [2.05, 4.69) is 10.4 Å². The zero-order chi connectivity index (χ0) is 14.7. The third-order valence-corrected chi connectivity index (χ3v) is 3.04. The SMILES string of the molecule is Cc1cc(C(=O)NCc2ccccc2F)nn1C(C)C. The fourth-order valence-electron chi connectivity index (χ4n) is 2.03. The first-order valence-electron chi connectivity index (χ1n) is 6.57. The Kier molecular flexibility index (Phi) is 4.17. The van der Waals surface area contributed by atoms with Crippen molar-refractivity contribution in [2.45, 2.75) is 33.4 Å². The number of carbonyl (C=O) groups excluding carboxylic acids is 1. The van der Waals surface area contributed by atoms with Crippen molar-refractivity contribution in [3.05, 3.63) is 53.1 Å². The van der Waals surface area contributed by atoms with E-state index in [1.807, 2.05) is 20.8 Å². The highest BCUT2D eigenvalue weighted by atomic mass is 19.1. The highest BCUT2D eigenvalue weighted by molar-refractivity contribution is 5.92. The van der Waals surface area contributed by atoms with Crippen LogP contribution < -0.4 is 5.32 Å². The summed E-state index contributed by atoms with van der Waals surface area (Å²) in [5, 5.41) is 6.94. The Bertz CT molecular complexity index is 619. The third-order valence-electron chi connectivity index (χ3n) is 3.04. The van der Waals surface area contributed by atoms with Gasteiger partial charge in [0.15, 0.2) is 0 Å². The summed E-state index contributed by atoms with van der Waals surface area (Å²) in [4.78, 5) is 12.0. The highest BCUT2D eigenvalue weighted by Crippen LogP contribution is 2.11. The topological polar surface area (TPSA) is 46.9 Å². The lowest BCUT2D eigenvalue weighted by molar-refractivity contribution is 0.0944. The minimum absolute atomic E-state index is 0.152. The van der Waals surface area contributed by atoms with E-state index in [9.17, 15) is 9.18 Å². The van der Waals surface area contributed by atoms with Crippen molar-refractivity contribution < 1.29 is 9.18 Å². The Balaban J connectivity index is 2.06. The number of nitrogens with one attached hydrogen (secondary N) is 1. The number of aryl methyl sites for hydroxylation is 1. The monoisotopic (exact) mass is 275 g/mol. The van der Waals surface area contributed by atoms with E-state index in [-0.39, 0.29) is 24.3 Å². The molecular formula is C15H18FN3O. The van der Waals surface area contributed by atoms with Gasteiger partial charge in [0.05, 0.1) is 0 Å². The first kappa shape index (κ1) is 14.2. The second-order valence-corrected chi connectivity index (χ2v) is 4.98. The predicted octanol–water partition coefficient (Wildman–Crippen LogP) is 2.84. The maximum atomic E-state index is 13.4. The van der Waals surface area contributed by atoms with Gasteiger partial charge in [-0.3, -0.25) is 9.48 Å². The smallest absolute Gasteiger partial charge is 0.272 e. The van der Waals surface area contributed by atoms with E-state index >= 15 is 0 Å². The molecule has 20 heavy (non-hydrogen) atoms. The van der Waals surface area contributed by atoms with Gasteiger partial charge in [-0.15, -0.1) is 0 Å². The number of nitrogens with zero attached hydrogens (tertiary/aromatic N) is 2. The number of benzene rings is 1. The maximum Gasteiger partial charge on any atom is 0.272 e. The molecule has 106 valence electrons. The molecule has 2 rings (SSSR count). The molecule has 1 aromatic heterocycles. The molecular weight excluding hydrogens is 257 g/mol. The summed E-state index contributed by atoms with van der Waals surface area (Å²) in [5.74, 6) is -0.618. The molecule has 1 amide bonds. The van der Waals surface area contributed by atoms with Crippen LogP contribution in [-0.2, 0) is 6.54 Å². The number of hydrogen-bond donors (Lipinski definition) is 1. The third kappa shape index (κ3) is 3.04. The molecule has 0 aliphatic rings. The molecule has 0 saturated heterocycles. The molecule has 1 heterocycles. The van der Waals surface area contributed by atoms with Crippen LogP contribution in [0.2, 0.25) is 0 Å². The lowest BCUT2D eigenvalue weighted by Crippen LogP contribution is -2.24. The van der Waals surface area contributed by atoms with E-state index in [4.69, 9.17) is 0 Å². The molecule has 0 aliphatic heterocycles. The molecule has 0 saturated carbocycles. The van der Waals surface area contributed by atoms with Crippen molar-refractivity contribution in [3.8, 4) is 0 Å². The molecule has 0 aliphatic carbocycles. The second kappa shape index (κ2) is 5.86. The van der Waals surface area contributed by atoms with Gasteiger partial charge in [0.1, 0.15) is 11.5 Å². The quantitative estimate of drug-likeness (QED) is 0.932. The van der Waals surface area contributed by atoms with Crippen LogP contribution in [-0.4, -0.2) is 15.7 Å². The van der Waals surface area contributed by atoms with Crippen molar-refractivity contribution in [2.75, 3.05) is 0 Å². The average Bonchev–Trinajstić information content (AvgIpc) is 2.80. The molecule has 0 spiro atoms. The molecule has 0 radical (unpaired) electrons. The highest BCUT2D eigenvalue weighted by Gasteiger charge is 2.13. The minimum Gasteiger partial charge on any atom is -0.346 e. The average molecular weight is 275 g/mol. The summed E-state index contributed by atoms with van der Waals surface area (Å²) in [6.07, 6.45) is 0. The Labute approximate surface area is 117 Å². The number of carbonyl (C=O) groups is 1. The molecule has 4 nitrogen and oxygen atoms in total. The van der Waals surface area contributed by atoms with Gasteiger partial charge in [-0.2, -0.15) is 5.10 Å². The molecule has 2 aromatic rings. The number of hydrogen-bond acceptors (Lipinski definition) is 2. The van der Waals surface area contributed by atoms with Gasteiger partial charge in [-0.25, -0.2) is 4.39 Å². The zero-order valence-electron chi connectivity index (χ0n) is 11.9. The summed E-state index contributed by atoms with van der Waals surface area (Å²) < 4.78 is 15.2. The van der Waals surface area contributed by atoms with Gasteiger partial charge in [0.2, 0.25) is 0 Å². The maximum absolute atomic E-state index is 13.4. The van der Waals surface area contributed by atoms with E-state index in [1.54, 1.807) is 28.9 Å².